The van der Waals surface area contributed by atoms with Gasteiger partial charge >= 0.3 is 0 Å². The van der Waals surface area contributed by atoms with E-state index in [-0.39, 0.29) is 11.8 Å². The minimum absolute atomic E-state index is 0.0994. The Bertz CT molecular complexity index is 971. The Hall–Kier alpha value is -2.22. The third kappa shape index (κ3) is 5.21. The molecule has 2 fully saturated rings. The predicted octanol–water partition coefficient (Wildman–Crippen LogP) is 3.25. The van der Waals surface area contributed by atoms with Crippen LogP contribution in [0.5, 0.6) is 0 Å². The summed E-state index contributed by atoms with van der Waals surface area (Å²) in [6.45, 7) is 11.7. The summed E-state index contributed by atoms with van der Waals surface area (Å²) >= 11 is 0. The van der Waals surface area contributed by atoms with Crippen LogP contribution in [0.4, 0.5) is 5.82 Å². The van der Waals surface area contributed by atoms with Crippen molar-refractivity contribution in [2.45, 2.75) is 71.8 Å². The fourth-order valence-corrected chi connectivity index (χ4v) is 6.34. The molecule has 1 amide bonds. The van der Waals surface area contributed by atoms with E-state index in [1.807, 2.05) is 0 Å². The molecule has 5 rings (SSSR count). The summed E-state index contributed by atoms with van der Waals surface area (Å²) in [5, 5.41) is 3.21. The predicted molar refractivity (Wildman–Crippen MR) is 135 cm³/mol. The van der Waals surface area contributed by atoms with E-state index < -0.39 is 0 Å². The molecule has 0 unspecified atom stereocenters. The first-order valence-electron chi connectivity index (χ1n) is 13.5. The van der Waals surface area contributed by atoms with Crippen molar-refractivity contribution in [1.29, 1.82) is 0 Å². The number of hydrogen-bond donors (Lipinski definition) is 1. The third-order valence-electron chi connectivity index (χ3n) is 7.93. The first-order valence-corrected chi connectivity index (χ1v) is 13.5. The third-order valence-corrected chi connectivity index (χ3v) is 7.93. The molecule has 5 heterocycles. The molecule has 186 valence electrons. The number of hydrogen-bond acceptors (Lipinski definition) is 6. The van der Waals surface area contributed by atoms with Crippen LogP contribution >= 0.6 is 0 Å². The lowest BCUT2D eigenvalue weighted by molar-refractivity contribution is -0.125. The van der Waals surface area contributed by atoms with Crippen molar-refractivity contribution in [3.63, 3.8) is 0 Å². The average molecular weight is 468 g/mol. The molecule has 8 heteroatoms. The molecule has 0 aliphatic carbocycles. The number of rotatable bonds is 6. The second-order valence-electron chi connectivity index (χ2n) is 11.0. The van der Waals surface area contributed by atoms with Crippen LogP contribution < -0.4 is 10.2 Å². The van der Waals surface area contributed by atoms with Gasteiger partial charge in [0, 0.05) is 51.6 Å². The average Bonchev–Trinajstić information content (AvgIpc) is 3.02. The zero-order valence-electron chi connectivity index (χ0n) is 21.0. The number of nitrogens with zero attached hydrogens (tertiary/aromatic N) is 6. The van der Waals surface area contributed by atoms with E-state index in [9.17, 15) is 4.79 Å². The van der Waals surface area contributed by atoms with Gasteiger partial charge in [0.15, 0.2) is 17.0 Å². The van der Waals surface area contributed by atoms with Crippen molar-refractivity contribution in [3.8, 4) is 0 Å². The van der Waals surface area contributed by atoms with E-state index in [1.54, 1.807) is 6.33 Å². The number of aryl methyl sites for hydroxylation is 2. The molecular formula is C26H41N7O. The van der Waals surface area contributed by atoms with Gasteiger partial charge in [-0.25, -0.2) is 15.0 Å². The van der Waals surface area contributed by atoms with Crippen molar-refractivity contribution < 1.29 is 4.79 Å². The van der Waals surface area contributed by atoms with E-state index in [0.29, 0.717) is 0 Å². The number of likely N-dealkylation sites (tertiary alicyclic amines) is 1. The number of anilines is 1. The van der Waals surface area contributed by atoms with Crippen LogP contribution in [0.15, 0.2) is 6.33 Å². The summed E-state index contributed by atoms with van der Waals surface area (Å²) in [6, 6.07) is 0. The van der Waals surface area contributed by atoms with Gasteiger partial charge in [0.2, 0.25) is 5.91 Å². The number of imidazole rings is 1. The summed E-state index contributed by atoms with van der Waals surface area (Å²) in [5.74, 6) is 3.99. The van der Waals surface area contributed by atoms with Gasteiger partial charge in [-0.05, 0) is 56.9 Å². The molecule has 1 N–H and O–H groups in total. The topological polar surface area (TPSA) is 79.2 Å². The number of fused-ring (bicyclic) bond motifs is 3. The summed E-state index contributed by atoms with van der Waals surface area (Å²) in [4.78, 5) is 31.8. The zero-order valence-corrected chi connectivity index (χ0v) is 21.0. The molecule has 8 nitrogen and oxygen atoms in total. The molecule has 0 radical (unpaired) electrons. The van der Waals surface area contributed by atoms with Crippen LogP contribution in [-0.2, 0) is 17.8 Å². The highest BCUT2D eigenvalue weighted by Crippen LogP contribution is 2.29. The van der Waals surface area contributed by atoms with Gasteiger partial charge in [0.25, 0.3) is 0 Å². The highest BCUT2D eigenvalue weighted by Gasteiger charge is 2.28. The Morgan fingerprint density at radius 3 is 2.65 bits per heavy atom. The molecule has 0 saturated carbocycles. The smallest absolute Gasteiger partial charge is 0.223 e. The van der Waals surface area contributed by atoms with E-state index in [1.165, 1.54) is 38.8 Å². The van der Waals surface area contributed by atoms with Gasteiger partial charge in [0.1, 0.15) is 12.2 Å². The van der Waals surface area contributed by atoms with Crippen molar-refractivity contribution in [2.75, 3.05) is 44.2 Å². The molecule has 3 aliphatic heterocycles. The molecule has 0 bridgehead atoms. The molecule has 2 atom stereocenters. The minimum Gasteiger partial charge on any atom is -0.356 e. The van der Waals surface area contributed by atoms with Gasteiger partial charge in [-0.15, -0.1) is 0 Å². The van der Waals surface area contributed by atoms with E-state index in [0.717, 1.165) is 93.0 Å². The van der Waals surface area contributed by atoms with Crippen LogP contribution in [0, 0.1) is 17.8 Å². The van der Waals surface area contributed by atoms with Crippen LogP contribution in [0.1, 0.15) is 64.6 Å². The molecule has 2 aromatic rings. The molecular weight excluding hydrogens is 426 g/mol. The number of carbonyl (C=O) groups excluding carboxylic acids is 1. The molecule has 2 aromatic heterocycles. The lowest BCUT2D eigenvalue weighted by atomic mass is 9.92. The van der Waals surface area contributed by atoms with Crippen LogP contribution in [0.2, 0.25) is 0 Å². The van der Waals surface area contributed by atoms with Crippen molar-refractivity contribution in [3.05, 3.63) is 12.2 Å². The second-order valence-corrected chi connectivity index (χ2v) is 11.0. The molecule has 2 saturated heterocycles. The monoisotopic (exact) mass is 467 g/mol. The Kier molecular flexibility index (Phi) is 7.32. The lowest BCUT2D eigenvalue weighted by Gasteiger charge is -2.35. The fourth-order valence-electron chi connectivity index (χ4n) is 6.34. The second kappa shape index (κ2) is 10.6. The Balaban J connectivity index is 1.11. The lowest BCUT2D eigenvalue weighted by Crippen LogP contribution is -2.42. The Morgan fingerprint density at radius 2 is 1.85 bits per heavy atom. The minimum atomic E-state index is 0.0994. The van der Waals surface area contributed by atoms with Crippen LogP contribution in [0.25, 0.3) is 11.2 Å². The van der Waals surface area contributed by atoms with Gasteiger partial charge < -0.3 is 19.7 Å². The Morgan fingerprint density at radius 1 is 1.06 bits per heavy atom. The maximum absolute atomic E-state index is 12.8. The standard InChI is InChI=1S/C26H41N7O/c1-19-15-20(2)17-31(16-19)11-6-10-27-26(34)21-8-13-32(14-9-21)24-23-25(29-18-28-24)33-12-5-3-4-7-22(33)30-23/h18-21H,3-17H2,1-2H3,(H,27,34)/t19-,20+. The van der Waals surface area contributed by atoms with Crippen molar-refractivity contribution in [1.82, 2.24) is 29.7 Å². The van der Waals surface area contributed by atoms with Gasteiger partial charge in [-0.1, -0.05) is 20.3 Å². The first kappa shape index (κ1) is 23.5. The SMILES string of the molecule is C[C@@H]1C[C@H](C)CN(CCCNC(=O)C2CCN(c3ncnc4c3nc3n4CCCCC3)CC2)C1. The van der Waals surface area contributed by atoms with Gasteiger partial charge in [-0.2, -0.15) is 0 Å². The number of piperidine rings is 2. The number of carbonyl (C=O) groups is 1. The van der Waals surface area contributed by atoms with Gasteiger partial charge in [0.05, 0.1) is 0 Å². The summed E-state index contributed by atoms with van der Waals surface area (Å²) in [7, 11) is 0. The zero-order chi connectivity index (χ0) is 23.5. The molecule has 0 aromatic carbocycles. The first-order chi connectivity index (χ1) is 16.6. The quantitative estimate of drug-likeness (QED) is 0.657. The van der Waals surface area contributed by atoms with Crippen LogP contribution in [0.3, 0.4) is 0 Å². The maximum atomic E-state index is 12.8. The molecule has 34 heavy (non-hydrogen) atoms. The van der Waals surface area contributed by atoms with E-state index >= 15 is 0 Å². The van der Waals surface area contributed by atoms with E-state index in [4.69, 9.17) is 4.98 Å². The number of aromatic nitrogens is 4. The summed E-state index contributed by atoms with van der Waals surface area (Å²) < 4.78 is 2.29. The fraction of sp³-hybridized carbons (Fsp3) is 0.769. The van der Waals surface area contributed by atoms with E-state index in [2.05, 4.69) is 43.5 Å². The summed E-state index contributed by atoms with van der Waals surface area (Å²) in [6.07, 6.45) is 10.5. The number of nitrogens with one attached hydrogen (secondary N) is 1. The maximum Gasteiger partial charge on any atom is 0.223 e. The van der Waals surface area contributed by atoms with Gasteiger partial charge in [-0.3, -0.25) is 4.79 Å². The Labute approximate surface area is 203 Å². The van der Waals surface area contributed by atoms with Crippen molar-refractivity contribution >= 4 is 22.9 Å². The normalized spacial score (nSPS) is 24.7. The largest absolute Gasteiger partial charge is 0.356 e. The molecule has 3 aliphatic rings. The highest BCUT2D eigenvalue weighted by molar-refractivity contribution is 5.84. The molecule has 0 spiro atoms. The summed E-state index contributed by atoms with van der Waals surface area (Å²) in [5.41, 5.74) is 1.91. The van der Waals surface area contributed by atoms with Crippen molar-refractivity contribution in [2.24, 2.45) is 17.8 Å². The number of amides is 1. The highest BCUT2D eigenvalue weighted by atomic mass is 16.1. The van der Waals surface area contributed by atoms with Crippen LogP contribution in [-0.4, -0.2) is 69.6 Å².